The molecule has 1 aliphatic heterocycles. The van der Waals surface area contributed by atoms with Gasteiger partial charge in [0.1, 0.15) is 6.61 Å². The number of ether oxygens (including phenoxy) is 2. The van der Waals surface area contributed by atoms with E-state index in [0.717, 1.165) is 6.42 Å². The van der Waals surface area contributed by atoms with Gasteiger partial charge in [-0.15, -0.1) is 0 Å². The molecule has 0 saturated heterocycles. The van der Waals surface area contributed by atoms with Crippen molar-refractivity contribution in [2.75, 3.05) is 6.61 Å². The molecule has 114 valence electrons. The highest BCUT2D eigenvalue weighted by Crippen LogP contribution is 2.32. The maximum Gasteiger partial charge on any atom is 0.264 e. The van der Waals surface area contributed by atoms with Crippen molar-refractivity contribution in [3.05, 3.63) is 24.3 Å². The molecule has 1 N–H and O–H groups in total. The van der Waals surface area contributed by atoms with Gasteiger partial charge in [-0.2, -0.15) is 0 Å². The molecule has 4 heteroatoms. The Kier molecular flexibility index (Phi) is 4.04. The van der Waals surface area contributed by atoms with Crippen LogP contribution in [0.15, 0.2) is 24.3 Å². The van der Waals surface area contributed by atoms with E-state index in [4.69, 9.17) is 9.47 Å². The molecule has 2 aliphatic rings. The first-order valence-corrected chi connectivity index (χ1v) is 7.84. The van der Waals surface area contributed by atoms with Gasteiger partial charge in [0.15, 0.2) is 11.5 Å². The van der Waals surface area contributed by atoms with Crippen molar-refractivity contribution < 1.29 is 14.3 Å². The Balaban J connectivity index is 1.62. The number of hydrogen-bond acceptors (Lipinski definition) is 3. The lowest BCUT2D eigenvalue weighted by molar-refractivity contribution is -0.131. The van der Waals surface area contributed by atoms with Crippen molar-refractivity contribution in [3.8, 4) is 11.5 Å². The number of benzene rings is 1. The Morgan fingerprint density at radius 3 is 2.76 bits per heavy atom. The topological polar surface area (TPSA) is 47.6 Å². The van der Waals surface area contributed by atoms with E-state index in [9.17, 15) is 4.79 Å². The summed E-state index contributed by atoms with van der Waals surface area (Å²) in [5.41, 5.74) is 0. The van der Waals surface area contributed by atoms with Gasteiger partial charge in [-0.05, 0) is 30.4 Å². The number of carbonyl (C=O) groups is 1. The Labute approximate surface area is 125 Å². The molecular formula is C17H23NO3. The van der Waals surface area contributed by atoms with Crippen LogP contribution in [0.25, 0.3) is 0 Å². The number of fused-ring (bicyclic) bond motifs is 1. The Bertz CT molecular complexity index is 517. The van der Waals surface area contributed by atoms with Crippen molar-refractivity contribution in [2.24, 2.45) is 11.8 Å². The smallest absolute Gasteiger partial charge is 0.264 e. The van der Waals surface area contributed by atoms with Crippen LogP contribution in [0.2, 0.25) is 0 Å². The lowest BCUT2D eigenvalue weighted by atomic mass is 9.78. The Morgan fingerprint density at radius 2 is 1.95 bits per heavy atom. The van der Waals surface area contributed by atoms with Gasteiger partial charge in [0.05, 0.1) is 0 Å². The molecule has 0 bridgehead atoms. The molecule has 1 amide bonds. The highest BCUT2D eigenvalue weighted by Gasteiger charge is 2.32. The van der Waals surface area contributed by atoms with Crippen LogP contribution >= 0.6 is 0 Å². The van der Waals surface area contributed by atoms with Crippen LogP contribution in [0.3, 0.4) is 0 Å². The summed E-state index contributed by atoms with van der Waals surface area (Å²) in [6, 6.07) is 7.72. The fourth-order valence-corrected chi connectivity index (χ4v) is 3.21. The van der Waals surface area contributed by atoms with Crippen LogP contribution in [0.4, 0.5) is 0 Å². The van der Waals surface area contributed by atoms with Crippen LogP contribution in [-0.4, -0.2) is 24.7 Å². The first-order chi connectivity index (χ1) is 10.1. The van der Waals surface area contributed by atoms with E-state index in [-0.39, 0.29) is 18.6 Å². The molecule has 0 aromatic heterocycles. The first-order valence-electron chi connectivity index (χ1n) is 7.84. The van der Waals surface area contributed by atoms with Crippen LogP contribution in [0, 0.1) is 11.8 Å². The molecule has 0 spiro atoms. The molecule has 4 atom stereocenters. The van der Waals surface area contributed by atoms with Gasteiger partial charge in [-0.3, -0.25) is 4.79 Å². The van der Waals surface area contributed by atoms with E-state index in [2.05, 4.69) is 19.2 Å². The Hall–Kier alpha value is -1.71. The zero-order valence-corrected chi connectivity index (χ0v) is 12.7. The van der Waals surface area contributed by atoms with Gasteiger partial charge in [0.2, 0.25) is 6.10 Å². The zero-order chi connectivity index (χ0) is 14.8. The average molecular weight is 289 g/mol. The normalized spacial score (nSPS) is 31.5. The van der Waals surface area contributed by atoms with Gasteiger partial charge in [0, 0.05) is 6.04 Å². The summed E-state index contributed by atoms with van der Waals surface area (Å²) < 4.78 is 11.4. The molecule has 3 rings (SSSR count). The van der Waals surface area contributed by atoms with E-state index in [1.165, 1.54) is 12.8 Å². The quantitative estimate of drug-likeness (QED) is 0.910. The lowest BCUT2D eigenvalue weighted by Gasteiger charge is -2.35. The molecule has 1 fully saturated rings. The molecule has 4 nitrogen and oxygen atoms in total. The Morgan fingerprint density at radius 1 is 1.19 bits per heavy atom. The molecular weight excluding hydrogens is 266 g/mol. The van der Waals surface area contributed by atoms with E-state index < -0.39 is 6.10 Å². The molecule has 1 aliphatic carbocycles. The maximum atomic E-state index is 12.4. The first kappa shape index (κ1) is 14.2. The third-order valence-corrected chi connectivity index (χ3v) is 4.84. The van der Waals surface area contributed by atoms with Crippen LogP contribution in [-0.2, 0) is 4.79 Å². The number of hydrogen-bond donors (Lipinski definition) is 1. The molecule has 1 heterocycles. The summed E-state index contributed by atoms with van der Waals surface area (Å²) in [5.74, 6) is 2.47. The molecule has 1 aromatic carbocycles. The summed E-state index contributed by atoms with van der Waals surface area (Å²) in [7, 11) is 0. The highest BCUT2D eigenvalue weighted by molar-refractivity contribution is 5.82. The monoisotopic (exact) mass is 289 g/mol. The summed E-state index contributed by atoms with van der Waals surface area (Å²) in [6.07, 6.45) is 2.94. The van der Waals surface area contributed by atoms with Gasteiger partial charge in [-0.1, -0.05) is 38.8 Å². The number of nitrogens with one attached hydrogen (secondary N) is 1. The van der Waals surface area contributed by atoms with Crippen molar-refractivity contribution in [2.45, 2.75) is 45.3 Å². The van der Waals surface area contributed by atoms with Gasteiger partial charge < -0.3 is 14.8 Å². The molecule has 1 aromatic rings. The second kappa shape index (κ2) is 5.96. The lowest BCUT2D eigenvalue weighted by Crippen LogP contribution is -2.51. The predicted molar refractivity (Wildman–Crippen MR) is 80.5 cm³/mol. The third kappa shape index (κ3) is 2.99. The number of rotatable bonds is 2. The number of para-hydroxylation sites is 2. The summed E-state index contributed by atoms with van der Waals surface area (Å²) in [4.78, 5) is 12.4. The van der Waals surface area contributed by atoms with Gasteiger partial charge in [-0.25, -0.2) is 0 Å². The van der Waals surface area contributed by atoms with Crippen molar-refractivity contribution in [1.29, 1.82) is 0 Å². The van der Waals surface area contributed by atoms with Crippen molar-refractivity contribution in [3.63, 3.8) is 0 Å². The fourth-order valence-electron chi connectivity index (χ4n) is 3.21. The largest absolute Gasteiger partial charge is 0.485 e. The molecule has 0 radical (unpaired) electrons. The molecule has 0 unspecified atom stereocenters. The SMILES string of the molecule is C[C@@H]1[C@H](C)CCC[C@@H]1NC(=O)[C@@H]1COc2ccccc2O1. The van der Waals surface area contributed by atoms with Crippen molar-refractivity contribution >= 4 is 5.91 Å². The highest BCUT2D eigenvalue weighted by atomic mass is 16.6. The summed E-state index contributed by atoms with van der Waals surface area (Å²) >= 11 is 0. The van der Waals surface area contributed by atoms with Gasteiger partial charge in [0.25, 0.3) is 5.91 Å². The zero-order valence-electron chi connectivity index (χ0n) is 12.7. The summed E-state index contributed by atoms with van der Waals surface area (Å²) in [5, 5.41) is 3.16. The second-order valence-corrected chi connectivity index (χ2v) is 6.25. The minimum atomic E-state index is -0.552. The van der Waals surface area contributed by atoms with E-state index in [1.807, 2.05) is 24.3 Å². The standard InChI is InChI=1S/C17H23NO3/c1-11-6-5-7-13(12(11)2)18-17(19)16-10-20-14-8-3-4-9-15(14)21-16/h3-4,8-9,11-13,16H,5-7,10H2,1-2H3,(H,18,19)/t11-,12-,13+,16+/m1/s1. The third-order valence-electron chi connectivity index (χ3n) is 4.84. The number of carbonyl (C=O) groups excluding carboxylic acids is 1. The van der Waals surface area contributed by atoms with E-state index >= 15 is 0 Å². The average Bonchev–Trinajstić information content (AvgIpc) is 2.51. The minimum absolute atomic E-state index is 0.0598. The van der Waals surface area contributed by atoms with Crippen molar-refractivity contribution in [1.82, 2.24) is 5.32 Å². The van der Waals surface area contributed by atoms with Crippen LogP contribution < -0.4 is 14.8 Å². The van der Waals surface area contributed by atoms with E-state index in [1.54, 1.807) is 0 Å². The molecule has 21 heavy (non-hydrogen) atoms. The van der Waals surface area contributed by atoms with E-state index in [0.29, 0.717) is 23.3 Å². The second-order valence-electron chi connectivity index (χ2n) is 6.25. The van der Waals surface area contributed by atoms with Crippen LogP contribution in [0.1, 0.15) is 33.1 Å². The molecule has 1 saturated carbocycles. The minimum Gasteiger partial charge on any atom is -0.485 e. The predicted octanol–water partition coefficient (Wildman–Crippen LogP) is 2.77. The van der Waals surface area contributed by atoms with Gasteiger partial charge >= 0.3 is 0 Å². The number of amides is 1. The fraction of sp³-hybridized carbons (Fsp3) is 0.588. The summed E-state index contributed by atoms with van der Waals surface area (Å²) in [6.45, 7) is 4.77. The maximum absolute atomic E-state index is 12.4. The van der Waals surface area contributed by atoms with Crippen LogP contribution in [0.5, 0.6) is 11.5 Å².